The van der Waals surface area contributed by atoms with Gasteiger partial charge in [0.15, 0.2) is 5.75 Å². The third kappa shape index (κ3) is 2.28. The van der Waals surface area contributed by atoms with Gasteiger partial charge in [0.25, 0.3) is 0 Å². The van der Waals surface area contributed by atoms with Gasteiger partial charge in [-0.3, -0.25) is 4.98 Å². The van der Waals surface area contributed by atoms with Crippen LogP contribution in [0.2, 0.25) is 0 Å². The Hall–Kier alpha value is -2.60. The summed E-state index contributed by atoms with van der Waals surface area (Å²) >= 11 is 4.98. The van der Waals surface area contributed by atoms with E-state index in [9.17, 15) is 0 Å². The van der Waals surface area contributed by atoms with Crippen LogP contribution >= 0.6 is 12.2 Å². The minimum atomic E-state index is 0.211. The Labute approximate surface area is 120 Å². The van der Waals surface area contributed by atoms with Crippen molar-refractivity contribution in [2.45, 2.75) is 0 Å². The van der Waals surface area contributed by atoms with E-state index in [1.54, 1.807) is 12.3 Å². The van der Waals surface area contributed by atoms with Crippen LogP contribution in [-0.2, 0) is 0 Å². The van der Waals surface area contributed by atoms with Gasteiger partial charge in [0.2, 0.25) is 5.88 Å². The molecule has 0 saturated heterocycles. The van der Waals surface area contributed by atoms with Crippen LogP contribution < -0.4 is 10.5 Å². The lowest BCUT2D eigenvalue weighted by molar-refractivity contribution is 0.458. The fourth-order valence-corrected chi connectivity index (χ4v) is 2.00. The van der Waals surface area contributed by atoms with Gasteiger partial charge in [-0.05, 0) is 18.2 Å². The van der Waals surface area contributed by atoms with Crippen LogP contribution in [0.5, 0.6) is 11.6 Å². The van der Waals surface area contributed by atoms with Gasteiger partial charge in [0, 0.05) is 11.6 Å². The Kier molecular flexibility index (Phi) is 3.22. The summed E-state index contributed by atoms with van der Waals surface area (Å²) in [6.45, 7) is 0. The molecule has 0 saturated carbocycles. The monoisotopic (exact) mass is 282 g/mol. The minimum Gasteiger partial charge on any atom is -0.435 e. The maximum absolute atomic E-state index is 5.78. The smallest absolute Gasteiger partial charge is 0.249 e. The fourth-order valence-electron chi connectivity index (χ4n) is 1.84. The van der Waals surface area contributed by atoms with Crippen molar-refractivity contribution in [3.05, 3.63) is 54.4 Å². The van der Waals surface area contributed by atoms with E-state index < -0.39 is 0 Å². The molecule has 2 aromatic heterocycles. The van der Waals surface area contributed by atoms with Gasteiger partial charge >= 0.3 is 0 Å². The van der Waals surface area contributed by atoms with Gasteiger partial charge in [-0.2, -0.15) is 5.10 Å². The highest BCUT2D eigenvalue weighted by Crippen LogP contribution is 2.28. The number of nitrogens with zero attached hydrogens (tertiary/aromatic N) is 3. The molecule has 0 bridgehead atoms. The Morgan fingerprint density at radius 3 is 2.80 bits per heavy atom. The lowest BCUT2D eigenvalue weighted by Gasteiger charge is -2.09. The van der Waals surface area contributed by atoms with Crippen molar-refractivity contribution in [1.29, 1.82) is 0 Å². The lowest BCUT2D eigenvalue weighted by Crippen LogP contribution is -2.12. The molecule has 0 aliphatic carbocycles. The molecule has 0 aliphatic rings. The van der Waals surface area contributed by atoms with Crippen molar-refractivity contribution in [2.75, 3.05) is 0 Å². The number of thiocarbonyl (C=S) groups is 1. The topological polar surface area (TPSA) is 73.9 Å². The van der Waals surface area contributed by atoms with E-state index in [-0.39, 0.29) is 10.9 Å². The zero-order chi connectivity index (χ0) is 13.9. The first-order valence-electron chi connectivity index (χ1n) is 5.89. The lowest BCUT2D eigenvalue weighted by atomic mass is 10.2. The zero-order valence-corrected chi connectivity index (χ0v) is 11.2. The Balaban J connectivity index is 2.08. The number of fused-ring (bicyclic) bond motifs is 1. The van der Waals surface area contributed by atoms with Crippen LogP contribution in [0.3, 0.4) is 0 Å². The standard InChI is InChI=1S/C14H10N4OS/c15-13(20)10-6-8-17-18-14(10)19-11-5-1-3-9-4-2-7-16-12(9)11/h1-8H,(H2,15,20). The summed E-state index contributed by atoms with van der Waals surface area (Å²) in [6.07, 6.45) is 3.23. The SMILES string of the molecule is NC(=S)c1ccnnc1Oc1cccc2cccnc12. The number of nitrogens with two attached hydrogens (primary N) is 1. The molecule has 1 aromatic carbocycles. The van der Waals surface area contributed by atoms with Crippen molar-refractivity contribution < 1.29 is 4.74 Å². The first kappa shape index (κ1) is 12.4. The molecule has 0 radical (unpaired) electrons. The second-order valence-electron chi connectivity index (χ2n) is 4.05. The van der Waals surface area contributed by atoms with Crippen LogP contribution in [0.4, 0.5) is 0 Å². The molecule has 5 nitrogen and oxygen atoms in total. The highest BCUT2D eigenvalue weighted by atomic mass is 32.1. The number of pyridine rings is 1. The average molecular weight is 282 g/mol. The second kappa shape index (κ2) is 5.18. The van der Waals surface area contributed by atoms with Crippen molar-refractivity contribution >= 4 is 28.1 Å². The molecule has 6 heteroatoms. The van der Waals surface area contributed by atoms with E-state index in [0.717, 1.165) is 10.9 Å². The molecule has 3 aromatic rings. The number of aromatic nitrogens is 3. The summed E-state index contributed by atoms with van der Waals surface area (Å²) in [5, 5.41) is 8.71. The molecule has 2 N–H and O–H groups in total. The van der Waals surface area contributed by atoms with Gasteiger partial charge in [0.1, 0.15) is 10.5 Å². The molecule has 0 amide bonds. The molecule has 0 unspecified atom stereocenters. The molecule has 20 heavy (non-hydrogen) atoms. The van der Waals surface area contributed by atoms with Crippen LogP contribution in [0.1, 0.15) is 5.56 Å². The minimum absolute atomic E-state index is 0.211. The molecule has 98 valence electrons. The second-order valence-corrected chi connectivity index (χ2v) is 4.49. The number of hydrogen-bond acceptors (Lipinski definition) is 5. The number of para-hydroxylation sites is 1. The molecule has 0 atom stereocenters. The Bertz CT molecular complexity index is 785. The molecule has 3 rings (SSSR count). The summed E-state index contributed by atoms with van der Waals surface area (Å²) in [6, 6.07) is 11.2. The predicted molar refractivity (Wildman–Crippen MR) is 79.7 cm³/mol. The normalized spacial score (nSPS) is 10.4. The van der Waals surface area contributed by atoms with E-state index in [1.807, 2.05) is 30.3 Å². The van der Waals surface area contributed by atoms with E-state index in [1.165, 1.54) is 6.20 Å². The molecule has 0 fully saturated rings. The number of hydrogen-bond donors (Lipinski definition) is 1. The average Bonchev–Trinajstić information content (AvgIpc) is 2.48. The highest BCUT2D eigenvalue weighted by molar-refractivity contribution is 7.80. The van der Waals surface area contributed by atoms with Crippen LogP contribution in [0.25, 0.3) is 10.9 Å². The van der Waals surface area contributed by atoms with Crippen LogP contribution in [0.15, 0.2) is 48.8 Å². The highest BCUT2D eigenvalue weighted by Gasteiger charge is 2.11. The van der Waals surface area contributed by atoms with Crippen molar-refractivity contribution in [3.8, 4) is 11.6 Å². The molecular formula is C14H10N4OS. The number of rotatable bonds is 3. The third-order valence-electron chi connectivity index (χ3n) is 2.75. The van der Waals surface area contributed by atoms with Gasteiger partial charge in [-0.25, -0.2) is 0 Å². The Morgan fingerprint density at radius 2 is 1.95 bits per heavy atom. The molecular weight excluding hydrogens is 272 g/mol. The number of ether oxygens (including phenoxy) is 1. The Morgan fingerprint density at radius 1 is 1.10 bits per heavy atom. The molecule has 2 heterocycles. The van der Waals surface area contributed by atoms with E-state index in [2.05, 4.69) is 15.2 Å². The van der Waals surface area contributed by atoms with Crippen molar-refractivity contribution in [2.24, 2.45) is 5.73 Å². The number of benzene rings is 1. The first-order valence-corrected chi connectivity index (χ1v) is 6.29. The van der Waals surface area contributed by atoms with Crippen LogP contribution in [0, 0.1) is 0 Å². The van der Waals surface area contributed by atoms with Gasteiger partial charge in [-0.1, -0.05) is 30.4 Å². The molecule has 0 aliphatic heterocycles. The summed E-state index contributed by atoms with van der Waals surface area (Å²) in [4.78, 5) is 4.53. The van der Waals surface area contributed by atoms with Crippen molar-refractivity contribution in [3.63, 3.8) is 0 Å². The summed E-state index contributed by atoms with van der Waals surface area (Å²) < 4.78 is 5.78. The summed E-state index contributed by atoms with van der Waals surface area (Å²) in [7, 11) is 0. The quantitative estimate of drug-likeness (QED) is 0.744. The third-order valence-corrected chi connectivity index (χ3v) is 2.97. The van der Waals surface area contributed by atoms with Gasteiger partial charge < -0.3 is 10.5 Å². The summed E-state index contributed by atoms with van der Waals surface area (Å²) in [5.41, 5.74) is 6.94. The predicted octanol–water partition coefficient (Wildman–Crippen LogP) is 2.45. The maximum atomic E-state index is 5.78. The van der Waals surface area contributed by atoms with Crippen LogP contribution in [-0.4, -0.2) is 20.2 Å². The maximum Gasteiger partial charge on any atom is 0.249 e. The van der Waals surface area contributed by atoms with E-state index >= 15 is 0 Å². The van der Waals surface area contributed by atoms with E-state index in [0.29, 0.717) is 11.3 Å². The van der Waals surface area contributed by atoms with E-state index in [4.69, 9.17) is 22.7 Å². The van der Waals surface area contributed by atoms with Gasteiger partial charge in [-0.15, -0.1) is 5.10 Å². The van der Waals surface area contributed by atoms with Crippen molar-refractivity contribution in [1.82, 2.24) is 15.2 Å². The largest absolute Gasteiger partial charge is 0.435 e. The first-order chi connectivity index (χ1) is 9.75. The molecule has 0 spiro atoms. The van der Waals surface area contributed by atoms with Gasteiger partial charge in [0.05, 0.1) is 11.8 Å². The zero-order valence-electron chi connectivity index (χ0n) is 10.4. The summed E-state index contributed by atoms with van der Waals surface area (Å²) in [5.74, 6) is 0.860. The fraction of sp³-hybridized carbons (Fsp3) is 0.